The van der Waals surface area contributed by atoms with Gasteiger partial charge in [-0.1, -0.05) is 20.8 Å². The van der Waals surface area contributed by atoms with E-state index < -0.39 is 10.0 Å². The van der Waals surface area contributed by atoms with E-state index in [4.69, 9.17) is 11.6 Å². The standard InChI is InChI=1S/C9H20ClNO2S/c1-8(2)4-5-11-14(12,13)7-9(3)6-10/h8-9,11H,4-7H2,1-3H3. The van der Waals surface area contributed by atoms with Gasteiger partial charge >= 0.3 is 0 Å². The molecule has 0 rings (SSSR count). The minimum atomic E-state index is -3.12. The van der Waals surface area contributed by atoms with Gasteiger partial charge in [0, 0.05) is 12.4 Å². The summed E-state index contributed by atoms with van der Waals surface area (Å²) in [6.45, 7) is 6.48. The van der Waals surface area contributed by atoms with Gasteiger partial charge < -0.3 is 0 Å². The van der Waals surface area contributed by atoms with Crippen LogP contribution in [0.15, 0.2) is 0 Å². The quantitative estimate of drug-likeness (QED) is 0.692. The lowest BCUT2D eigenvalue weighted by molar-refractivity contribution is 0.544. The highest BCUT2D eigenvalue weighted by Crippen LogP contribution is 2.03. The molecular weight excluding hydrogens is 222 g/mol. The van der Waals surface area contributed by atoms with Crippen molar-refractivity contribution in [1.82, 2.24) is 4.72 Å². The van der Waals surface area contributed by atoms with Crippen LogP contribution in [0.2, 0.25) is 0 Å². The van der Waals surface area contributed by atoms with Crippen molar-refractivity contribution in [2.45, 2.75) is 27.2 Å². The van der Waals surface area contributed by atoms with Crippen molar-refractivity contribution in [2.75, 3.05) is 18.2 Å². The molecule has 0 radical (unpaired) electrons. The second-order valence-electron chi connectivity index (χ2n) is 4.12. The molecule has 0 aliphatic heterocycles. The van der Waals surface area contributed by atoms with Gasteiger partial charge in [-0.15, -0.1) is 11.6 Å². The second-order valence-corrected chi connectivity index (χ2v) is 6.28. The van der Waals surface area contributed by atoms with Crippen molar-refractivity contribution in [3.63, 3.8) is 0 Å². The molecule has 0 heterocycles. The highest BCUT2D eigenvalue weighted by atomic mass is 35.5. The predicted molar refractivity (Wildman–Crippen MR) is 61.1 cm³/mol. The number of nitrogens with one attached hydrogen (secondary N) is 1. The van der Waals surface area contributed by atoms with Crippen molar-refractivity contribution >= 4 is 21.6 Å². The largest absolute Gasteiger partial charge is 0.215 e. The normalized spacial score (nSPS) is 14.6. The average molecular weight is 242 g/mol. The van der Waals surface area contributed by atoms with Gasteiger partial charge in [-0.25, -0.2) is 13.1 Å². The number of sulfonamides is 1. The maximum atomic E-state index is 11.4. The monoisotopic (exact) mass is 241 g/mol. The van der Waals surface area contributed by atoms with Crippen LogP contribution >= 0.6 is 11.6 Å². The second kappa shape index (κ2) is 6.64. The molecule has 1 atom stereocenters. The van der Waals surface area contributed by atoms with Crippen molar-refractivity contribution in [3.05, 3.63) is 0 Å². The molecule has 1 unspecified atom stereocenters. The van der Waals surface area contributed by atoms with Crippen LogP contribution in [0.4, 0.5) is 0 Å². The zero-order chi connectivity index (χ0) is 11.2. The first-order chi connectivity index (χ1) is 6.37. The van der Waals surface area contributed by atoms with E-state index in [1.54, 1.807) is 0 Å². The average Bonchev–Trinajstić information content (AvgIpc) is 2.02. The molecule has 0 aliphatic rings. The molecular formula is C9H20ClNO2S. The van der Waals surface area contributed by atoms with Crippen LogP contribution in [0.1, 0.15) is 27.2 Å². The lowest BCUT2D eigenvalue weighted by Crippen LogP contribution is -2.30. The van der Waals surface area contributed by atoms with Gasteiger partial charge in [0.25, 0.3) is 0 Å². The van der Waals surface area contributed by atoms with E-state index in [1.165, 1.54) is 0 Å². The molecule has 86 valence electrons. The van der Waals surface area contributed by atoms with Crippen molar-refractivity contribution in [2.24, 2.45) is 11.8 Å². The highest BCUT2D eigenvalue weighted by molar-refractivity contribution is 7.89. The molecule has 3 nitrogen and oxygen atoms in total. The molecule has 0 saturated carbocycles. The summed E-state index contributed by atoms with van der Waals surface area (Å²) >= 11 is 5.55. The fourth-order valence-electron chi connectivity index (χ4n) is 0.981. The zero-order valence-corrected chi connectivity index (χ0v) is 10.7. The van der Waals surface area contributed by atoms with E-state index in [2.05, 4.69) is 18.6 Å². The van der Waals surface area contributed by atoms with Crippen LogP contribution in [0.5, 0.6) is 0 Å². The van der Waals surface area contributed by atoms with Crippen LogP contribution in [0, 0.1) is 11.8 Å². The summed E-state index contributed by atoms with van der Waals surface area (Å²) in [5.74, 6) is 1.02. The van der Waals surface area contributed by atoms with Crippen molar-refractivity contribution < 1.29 is 8.42 Å². The van der Waals surface area contributed by atoms with Crippen LogP contribution in [0.25, 0.3) is 0 Å². The first-order valence-corrected chi connectivity index (χ1v) is 7.09. The number of rotatable bonds is 7. The van der Waals surface area contributed by atoms with E-state index in [9.17, 15) is 8.42 Å². The SMILES string of the molecule is CC(C)CCNS(=O)(=O)CC(C)CCl. The smallest absolute Gasteiger partial charge is 0.211 e. The minimum Gasteiger partial charge on any atom is -0.215 e. The summed E-state index contributed by atoms with van der Waals surface area (Å²) in [6.07, 6.45) is 0.870. The van der Waals surface area contributed by atoms with Gasteiger partial charge in [-0.2, -0.15) is 0 Å². The Bertz CT molecular complexity index is 239. The lowest BCUT2D eigenvalue weighted by atomic mass is 10.1. The van der Waals surface area contributed by atoms with E-state index in [0.29, 0.717) is 18.3 Å². The molecule has 0 amide bonds. The molecule has 14 heavy (non-hydrogen) atoms. The molecule has 0 aromatic rings. The van der Waals surface area contributed by atoms with Gasteiger partial charge in [0.05, 0.1) is 5.75 Å². The van der Waals surface area contributed by atoms with Crippen LogP contribution in [-0.2, 0) is 10.0 Å². The molecule has 0 aromatic heterocycles. The first-order valence-electron chi connectivity index (χ1n) is 4.90. The van der Waals surface area contributed by atoms with Crippen molar-refractivity contribution in [1.29, 1.82) is 0 Å². The Morgan fingerprint density at radius 1 is 1.29 bits per heavy atom. The molecule has 5 heteroatoms. The third kappa shape index (κ3) is 7.59. The Hall–Kier alpha value is 0.200. The Balaban J connectivity index is 3.84. The summed E-state index contributed by atoms with van der Waals surface area (Å²) < 4.78 is 25.4. The van der Waals surface area contributed by atoms with Gasteiger partial charge in [0.1, 0.15) is 0 Å². The topological polar surface area (TPSA) is 46.2 Å². The van der Waals surface area contributed by atoms with E-state index >= 15 is 0 Å². The first kappa shape index (κ1) is 14.2. The van der Waals surface area contributed by atoms with Gasteiger partial charge in [0.15, 0.2) is 0 Å². The number of alkyl halides is 1. The van der Waals surface area contributed by atoms with E-state index in [0.717, 1.165) is 6.42 Å². The summed E-state index contributed by atoms with van der Waals surface area (Å²) in [5.41, 5.74) is 0. The molecule has 0 aromatic carbocycles. The lowest BCUT2D eigenvalue weighted by Gasteiger charge is -2.10. The maximum Gasteiger partial charge on any atom is 0.211 e. The summed E-state index contributed by atoms with van der Waals surface area (Å²) in [4.78, 5) is 0. The summed E-state index contributed by atoms with van der Waals surface area (Å²) in [5, 5.41) is 0. The number of halogens is 1. The van der Waals surface area contributed by atoms with Crippen LogP contribution in [-0.4, -0.2) is 26.6 Å². The third-order valence-corrected chi connectivity index (χ3v) is 3.99. The molecule has 1 N–H and O–H groups in total. The Morgan fingerprint density at radius 2 is 1.86 bits per heavy atom. The van der Waals surface area contributed by atoms with Gasteiger partial charge in [-0.3, -0.25) is 0 Å². The predicted octanol–water partition coefficient (Wildman–Crippen LogP) is 1.83. The molecule has 0 aliphatic carbocycles. The maximum absolute atomic E-state index is 11.4. The number of hydrogen-bond acceptors (Lipinski definition) is 2. The molecule has 0 fully saturated rings. The van der Waals surface area contributed by atoms with Crippen molar-refractivity contribution in [3.8, 4) is 0 Å². The Morgan fingerprint density at radius 3 is 2.29 bits per heavy atom. The minimum absolute atomic E-state index is 0.00761. The van der Waals surface area contributed by atoms with Gasteiger partial charge in [-0.05, 0) is 18.3 Å². The third-order valence-electron chi connectivity index (χ3n) is 1.81. The van der Waals surface area contributed by atoms with Crippen LogP contribution < -0.4 is 4.72 Å². The molecule has 0 spiro atoms. The molecule has 0 bridgehead atoms. The fourth-order valence-corrected chi connectivity index (χ4v) is 2.63. The zero-order valence-electron chi connectivity index (χ0n) is 9.09. The van der Waals surface area contributed by atoms with Gasteiger partial charge in [0.2, 0.25) is 10.0 Å². The summed E-state index contributed by atoms with van der Waals surface area (Å²) in [7, 11) is -3.12. The fraction of sp³-hybridized carbons (Fsp3) is 1.00. The highest BCUT2D eigenvalue weighted by Gasteiger charge is 2.14. The summed E-state index contributed by atoms with van der Waals surface area (Å²) in [6, 6.07) is 0. The number of hydrogen-bond donors (Lipinski definition) is 1. The van der Waals surface area contributed by atoms with E-state index in [-0.39, 0.29) is 11.7 Å². The van der Waals surface area contributed by atoms with Crippen LogP contribution in [0.3, 0.4) is 0 Å². The Kier molecular flexibility index (Phi) is 6.74. The molecule has 0 saturated heterocycles. The Labute approximate surface area is 92.3 Å². The van der Waals surface area contributed by atoms with E-state index in [1.807, 2.05) is 6.92 Å².